The monoisotopic (exact) mass is 441 g/mol. The van der Waals surface area contributed by atoms with Gasteiger partial charge in [-0.2, -0.15) is 10.2 Å². The number of aryl methyl sites for hydroxylation is 2. The number of aromatic nitrogens is 5. The van der Waals surface area contributed by atoms with E-state index in [2.05, 4.69) is 25.6 Å². The van der Waals surface area contributed by atoms with Crippen molar-refractivity contribution in [2.24, 2.45) is 0 Å². The minimum absolute atomic E-state index is 0.0947. The second-order valence-electron chi connectivity index (χ2n) is 8.65. The number of nitrogens with one attached hydrogen (secondary N) is 2. The number of fused-ring (bicyclic) bond motifs is 1. The molecule has 10 heteroatoms. The summed E-state index contributed by atoms with van der Waals surface area (Å²) in [6.07, 6.45) is 4.85. The molecule has 1 fully saturated rings. The third kappa shape index (κ3) is 3.85. The van der Waals surface area contributed by atoms with Crippen molar-refractivity contribution in [1.82, 2.24) is 30.3 Å². The van der Waals surface area contributed by atoms with Crippen molar-refractivity contribution >= 4 is 11.7 Å². The highest BCUT2D eigenvalue weighted by molar-refractivity contribution is 5.94. The number of carbonyl (C=O) groups excluding carboxylic acids is 1. The van der Waals surface area contributed by atoms with Gasteiger partial charge >= 0.3 is 0 Å². The van der Waals surface area contributed by atoms with Crippen molar-refractivity contribution in [3.63, 3.8) is 0 Å². The second kappa shape index (κ2) is 7.68. The molecule has 0 radical (unpaired) electrons. The molecule has 8 nitrogen and oxygen atoms in total. The van der Waals surface area contributed by atoms with Crippen LogP contribution in [0.1, 0.15) is 57.5 Å². The van der Waals surface area contributed by atoms with Crippen molar-refractivity contribution in [2.45, 2.75) is 51.6 Å². The highest BCUT2D eigenvalue weighted by atomic mass is 19.3. The quantitative estimate of drug-likeness (QED) is 0.635. The minimum atomic E-state index is -2.66. The maximum absolute atomic E-state index is 13.5. The predicted octanol–water partition coefficient (Wildman–Crippen LogP) is 2.93. The minimum Gasteiger partial charge on any atom is -0.350 e. The van der Waals surface area contributed by atoms with E-state index in [0.29, 0.717) is 24.5 Å². The molecule has 0 saturated carbocycles. The summed E-state index contributed by atoms with van der Waals surface area (Å²) in [5.41, 5.74) is 5.31. The molecule has 1 atom stereocenters. The molecule has 2 aliphatic rings. The molecule has 5 rings (SSSR count). The van der Waals surface area contributed by atoms with Gasteiger partial charge in [0.2, 0.25) is 0 Å². The number of anilines is 1. The number of halogens is 2. The van der Waals surface area contributed by atoms with E-state index in [-0.39, 0.29) is 24.9 Å². The second-order valence-corrected chi connectivity index (χ2v) is 8.65. The van der Waals surface area contributed by atoms with Crippen molar-refractivity contribution < 1.29 is 13.6 Å². The maximum Gasteiger partial charge on any atom is 0.266 e. The molecule has 0 unspecified atom stereocenters. The van der Waals surface area contributed by atoms with Gasteiger partial charge in [0.25, 0.3) is 11.8 Å². The third-order valence-corrected chi connectivity index (χ3v) is 6.33. The van der Waals surface area contributed by atoms with Crippen LogP contribution in [-0.2, 0) is 13.0 Å². The number of aromatic amines is 1. The van der Waals surface area contributed by atoms with Crippen LogP contribution in [0, 0.1) is 13.8 Å². The molecule has 2 N–H and O–H groups in total. The van der Waals surface area contributed by atoms with Crippen molar-refractivity contribution in [2.75, 3.05) is 18.0 Å². The van der Waals surface area contributed by atoms with Gasteiger partial charge in [-0.3, -0.25) is 14.6 Å². The Hall–Kier alpha value is -3.30. The fourth-order valence-electron chi connectivity index (χ4n) is 4.48. The van der Waals surface area contributed by atoms with Gasteiger partial charge in [-0.15, -0.1) is 0 Å². The number of nitrogens with zero attached hydrogens (tertiary/aromatic N) is 5. The molecule has 3 aromatic heterocycles. The summed E-state index contributed by atoms with van der Waals surface area (Å²) in [5, 5.41) is 14.7. The Morgan fingerprint density at radius 3 is 2.94 bits per heavy atom. The fourth-order valence-corrected chi connectivity index (χ4v) is 4.48. The number of amides is 1. The van der Waals surface area contributed by atoms with Crippen molar-refractivity contribution in [1.29, 1.82) is 0 Å². The highest BCUT2D eigenvalue weighted by Crippen LogP contribution is 2.32. The molecule has 0 spiro atoms. The molecule has 0 aromatic carbocycles. The van der Waals surface area contributed by atoms with E-state index < -0.39 is 5.92 Å². The van der Waals surface area contributed by atoms with Crippen LogP contribution in [0.3, 0.4) is 0 Å². The Kier molecular flexibility index (Phi) is 4.94. The zero-order chi connectivity index (χ0) is 22.5. The lowest BCUT2D eigenvalue weighted by Crippen LogP contribution is -2.27. The van der Waals surface area contributed by atoms with Gasteiger partial charge in [0, 0.05) is 30.6 Å². The first-order chi connectivity index (χ1) is 15.3. The molecular weight excluding hydrogens is 416 g/mol. The molecule has 168 valence electrons. The molecule has 1 amide bonds. The number of rotatable bonds is 5. The number of hydrogen-bond acceptors (Lipinski definition) is 5. The molecular formula is C22H25F2N7O. The molecule has 0 bridgehead atoms. The zero-order valence-electron chi connectivity index (χ0n) is 18.0. The van der Waals surface area contributed by atoms with Gasteiger partial charge < -0.3 is 10.2 Å². The summed E-state index contributed by atoms with van der Waals surface area (Å²) in [4.78, 5) is 18.8. The van der Waals surface area contributed by atoms with Gasteiger partial charge in [0.05, 0.1) is 36.6 Å². The SMILES string of the molecule is Cc1nc(N2CCC(F)(F)C2)ccc1Cn1cc(C(=O)N[C@@H]2CCc3c2n[nH]c3C)cn1. The molecule has 4 heterocycles. The standard InChI is InChI=1S/C22H25F2N7O/c1-13-15(3-6-19(26-13)30-8-7-22(23,24)12-30)10-31-11-16(9-25-31)21(32)27-18-5-4-17-14(2)28-29-20(17)18/h3,6,9,11,18H,4-5,7-8,10,12H2,1-2H3,(H,27,32)(H,28,29)/t18-/m1/s1. The van der Waals surface area contributed by atoms with E-state index in [4.69, 9.17) is 0 Å². The van der Waals surface area contributed by atoms with E-state index in [9.17, 15) is 13.6 Å². The van der Waals surface area contributed by atoms with Crippen LogP contribution >= 0.6 is 0 Å². The third-order valence-electron chi connectivity index (χ3n) is 6.33. The Balaban J connectivity index is 1.24. The molecule has 3 aromatic rings. The summed E-state index contributed by atoms with van der Waals surface area (Å²) < 4.78 is 28.7. The van der Waals surface area contributed by atoms with E-state index in [1.165, 1.54) is 5.56 Å². The van der Waals surface area contributed by atoms with Crippen LogP contribution in [0.25, 0.3) is 0 Å². The van der Waals surface area contributed by atoms with Crippen LogP contribution in [-0.4, -0.2) is 49.9 Å². The summed E-state index contributed by atoms with van der Waals surface area (Å²) in [6, 6.07) is 3.56. The maximum atomic E-state index is 13.5. The molecule has 1 aliphatic heterocycles. The number of H-pyrrole nitrogens is 1. The first-order valence-corrected chi connectivity index (χ1v) is 10.8. The van der Waals surface area contributed by atoms with E-state index in [0.717, 1.165) is 35.5 Å². The van der Waals surface area contributed by atoms with Crippen LogP contribution in [0.15, 0.2) is 24.5 Å². The smallest absolute Gasteiger partial charge is 0.266 e. The van der Waals surface area contributed by atoms with E-state index in [1.54, 1.807) is 28.0 Å². The van der Waals surface area contributed by atoms with Gasteiger partial charge in [0.1, 0.15) is 5.82 Å². The number of carbonyl (C=O) groups is 1. The first-order valence-electron chi connectivity index (χ1n) is 10.8. The van der Waals surface area contributed by atoms with Gasteiger partial charge in [-0.05, 0) is 43.9 Å². The van der Waals surface area contributed by atoms with Crippen LogP contribution in [0.5, 0.6) is 0 Å². The van der Waals surface area contributed by atoms with Crippen molar-refractivity contribution in [3.8, 4) is 0 Å². The highest BCUT2D eigenvalue weighted by Gasteiger charge is 2.38. The van der Waals surface area contributed by atoms with Crippen LogP contribution in [0.2, 0.25) is 0 Å². The fraction of sp³-hybridized carbons (Fsp3) is 0.455. The van der Waals surface area contributed by atoms with Gasteiger partial charge in [-0.25, -0.2) is 13.8 Å². The molecule has 32 heavy (non-hydrogen) atoms. The molecule has 1 aliphatic carbocycles. The van der Waals surface area contributed by atoms with E-state index in [1.807, 2.05) is 19.9 Å². The topological polar surface area (TPSA) is 91.7 Å². The Labute approximate surface area is 184 Å². The Morgan fingerprint density at radius 1 is 1.34 bits per heavy atom. The molecule has 1 saturated heterocycles. The lowest BCUT2D eigenvalue weighted by Gasteiger charge is -2.18. The van der Waals surface area contributed by atoms with Crippen LogP contribution in [0.4, 0.5) is 14.6 Å². The summed E-state index contributed by atoms with van der Waals surface area (Å²) in [5.74, 6) is -2.28. The average Bonchev–Trinajstić information content (AvgIpc) is 3.51. The zero-order valence-corrected chi connectivity index (χ0v) is 18.0. The predicted molar refractivity (Wildman–Crippen MR) is 114 cm³/mol. The van der Waals surface area contributed by atoms with Crippen LogP contribution < -0.4 is 10.2 Å². The number of hydrogen-bond donors (Lipinski definition) is 2. The number of alkyl halides is 2. The Morgan fingerprint density at radius 2 is 2.19 bits per heavy atom. The summed E-state index contributed by atoms with van der Waals surface area (Å²) >= 11 is 0. The van der Waals surface area contributed by atoms with E-state index >= 15 is 0 Å². The average molecular weight is 441 g/mol. The summed E-state index contributed by atoms with van der Waals surface area (Å²) in [7, 11) is 0. The first kappa shape index (κ1) is 20.6. The largest absolute Gasteiger partial charge is 0.350 e. The lowest BCUT2D eigenvalue weighted by atomic mass is 10.2. The normalized spacial score (nSPS) is 19.4. The van der Waals surface area contributed by atoms with Crippen molar-refractivity contribution in [3.05, 3.63) is 58.3 Å². The van der Waals surface area contributed by atoms with Gasteiger partial charge in [0.15, 0.2) is 0 Å². The number of pyridine rings is 1. The lowest BCUT2D eigenvalue weighted by molar-refractivity contribution is 0.0256. The van der Waals surface area contributed by atoms with Gasteiger partial charge in [-0.1, -0.05) is 6.07 Å². The summed E-state index contributed by atoms with van der Waals surface area (Å²) in [6.45, 7) is 4.29. The Bertz CT molecular complexity index is 1170.